The maximum Gasteiger partial charge on any atom is 0.158 e. The van der Waals surface area contributed by atoms with Crippen LogP contribution in [0, 0.1) is 0 Å². The van der Waals surface area contributed by atoms with Crippen LogP contribution in [0.15, 0.2) is 35.7 Å². The molecule has 0 aliphatic heterocycles. The fourth-order valence-corrected chi connectivity index (χ4v) is 2.89. The summed E-state index contributed by atoms with van der Waals surface area (Å²) in [5.41, 5.74) is 0.967. The Morgan fingerprint density at radius 1 is 1.25 bits per heavy atom. The van der Waals surface area contributed by atoms with Crippen LogP contribution in [0.25, 0.3) is 10.1 Å². The SMILES string of the molecule is COCc1nc(Cl)cc(Nc2ccc3sccc3c2)n1. The molecule has 0 saturated heterocycles. The van der Waals surface area contributed by atoms with E-state index in [0.29, 0.717) is 23.4 Å². The van der Waals surface area contributed by atoms with Crippen LogP contribution in [0.4, 0.5) is 11.5 Å². The number of methoxy groups -OCH3 is 1. The Labute approximate surface area is 125 Å². The number of thiophene rings is 1. The predicted molar refractivity (Wildman–Crippen MR) is 82.9 cm³/mol. The summed E-state index contributed by atoms with van der Waals surface area (Å²) in [5.74, 6) is 1.21. The van der Waals surface area contributed by atoms with Crippen molar-refractivity contribution in [3.05, 3.63) is 46.7 Å². The summed E-state index contributed by atoms with van der Waals surface area (Å²) in [4.78, 5) is 8.46. The highest BCUT2D eigenvalue weighted by atomic mass is 35.5. The van der Waals surface area contributed by atoms with Crippen molar-refractivity contribution in [2.75, 3.05) is 12.4 Å². The minimum Gasteiger partial charge on any atom is -0.377 e. The van der Waals surface area contributed by atoms with E-state index in [1.165, 1.54) is 10.1 Å². The third-order valence-electron chi connectivity index (χ3n) is 2.74. The van der Waals surface area contributed by atoms with Gasteiger partial charge in [0.1, 0.15) is 17.6 Å². The Kier molecular flexibility index (Phi) is 3.82. The van der Waals surface area contributed by atoms with Gasteiger partial charge in [-0.25, -0.2) is 9.97 Å². The van der Waals surface area contributed by atoms with Crippen LogP contribution in [-0.4, -0.2) is 17.1 Å². The second kappa shape index (κ2) is 5.75. The average molecular weight is 306 g/mol. The lowest BCUT2D eigenvalue weighted by molar-refractivity contribution is 0.178. The van der Waals surface area contributed by atoms with E-state index in [-0.39, 0.29) is 0 Å². The Bertz CT molecular complexity index is 744. The molecule has 4 nitrogen and oxygen atoms in total. The van der Waals surface area contributed by atoms with Gasteiger partial charge in [-0.3, -0.25) is 0 Å². The molecule has 0 bridgehead atoms. The first kappa shape index (κ1) is 13.3. The fraction of sp³-hybridized carbons (Fsp3) is 0.143. The zero-order valence-electron chi connectivity index (χ0n) is 10.8. The van der Waals surface area contributed by atoms with Crippen molar-refractivity contribution in [1.82, 2.24) is 9.97 Å². The van der Waals surface area contributed by atoms with E-state index in [0.717, 1.165) is 5.69 Å². The predicted octanol–water partition coefficient (Wildman–Crippen LogP) is 4.23. The summed E-state index contributed by atoms with van der Waals surface area (Å²) in [6.45, 7) is 0.332. The Balaban J connectivity index is 1.89. The van der Waals surface area contributed by atoms with E-state index in [1.54, 1.807) is 24.5 Å². The molecule has 1 aromatic carbocycles. The molecule has 0 atom stereocenters. The monoisotopic (exact) mass is 305 g/mol. The number of nitrogens with one attached hydrogen (secondary N) is 1. The lowest BCUT2D eigenvalue weighted by Crippen LogP contribution is -2.01. The van der Waals surface area contributed by atoms with Crippen LogP contribution in [0.5, 0.6) is 0 Å². The van der Waals surface area contributed by atoms with Crippen molar-refractivity contribution in [1.29, 1.82) is 0 Å². The third kappa shape index (κ3) is 2.90. The van der Waals surface area contributed by atoms with Crippen molar-refractivity contribution in [3.8, 4) is 0 Å². The summed E-state index contributed by atoms with van der Waals surface area (Å²) in [6.07, 6.45) is 0. The van der Waals surface area contributed by atoms with Gasteiger partial charge in [-0.2, -0.15) is 0 Å². The molecule has 0 unspecified atom stereocenters. The van der Waals surface area contributed by atoms with Gasteiger partial charge < -0.3 is 10.1 Å². The smallest absolute Gasteiger partial charge is 0.158 e. The molecule has 1 N–H and O–H groups in total. The molecule has 102 valence electrons. The van der Waals surface area contributed by atoms with E-state index in [1.807, 2.05) is 6.07 Å². The Morgan fingerprint density at radius 2 is 2.15 bits per heavy atom. The van der Waals surface area contributed by atoms with Crippen molar-refractivity contribution in [2.24, 2.45) is 0 Å². The molecule has 0 saturated carbocycles. The molecule has 0 fully saturated rings. The highest BCUT2D eigenvalue weighted by Crippen LogP contribution is 2.26. The molecule has 0 spiro atoms. The first-order chi connectivity index (χ1) is 9.74. The van der Waals surface area contributed by atoms with Crippen molar-refractivity contribution in [2.45, 2.75) is 6.61 Å². The molecule has 0 radical (unpaired) electrons. The van der Waals surface area contributed by atoms with Crippen molar-refractivity contribution < 1.29 is 4.74 Å². The topological polar surface area (TPSA) is 47.0 Å². The number of fused-ring (bicyclic) bond motifs is 1. The van der Waals surface area contributed by atoms with Crippen molar-refractivity contribution >= 4 is 44.5 Å². The van der Waals surface area contributed by atoms with E-state index in [2.05, 4.69) is 38.9 Å². The summed E-state index contributed by atoms with van der Waals surface area (Å²) >= 11 is 7.71. The fourth-order valence-electron chi connectivity index (χ4n) is 1.91. The molecule has 2 heterocycles. The molecule has 0 amide bonds. The minimum absolute atomic E-state index is 0.332. The summed E-state index contributed by atoms with van der Waals surface area (Å²) < 4.78 is 6.29. The Morgan fingerprint density at radius 3 is 3.00 bits per heavy atom. The van der Waals surface area contributed by atoms with Gasteiger partial charge >= 0.3 is 0 Å². The van der Waals surface area contributed by atoms with E-state index in [9.17, 15) is 0 Å². The number of ether oxygens (including phenoxy) is 1. The molecule has 20 heavy (non-hydrogen) atoms. The van der Waals surface area contributed by atoms with Crippen LogP contribution < -0.4 is 5.32 Å². The van der Waals surface area contributed by atoms with E-state index in [4.69, 9.17) is 16.3 Å². The van der Waals surface area contributed by atoms with Crippen LogP contribution in [0.2, 0.25) is 5.15 Å². The van der Waals surface area contributed by atoms with Gasteiger partial charge in [0.25, 0.3) is 0 Å². The van der Waals surface area contributed by atoms with Crippen LogP contribution in [-0.2, 0) is 11.3 Å². The number of hydrogen-bond donors (Lipinski definition) is 1. The van der Waals surface area contributed by atoms with Gasteiger partial charge in [-0.1, -0.05) is 11.6 Å². The standard InChI is InChI=1S/C14H12ClN3OS/c1-19-8-14-17-12(15)7-13(18-14)16-10-2-3-11-9(6-10)4-5-20-11/h2-7H,8H2,1H3,(H,16,17,18). The molecule has 3 aromatic rings. The van der Waals surface area contributed by atoms with Gasteiger partial charge in [-0.05, 0) is 35.0 Å². The first-order valence-electron chi connectivity index (χ1n) is 6.01. The minimum atomic E-state index is 0.332. The quantitative estimate of drug-likeness (QED) is 0.733. The van der Waals surface area contributed by atoms with Gasteiger partial charge in [0.05, 0.1) is 0 Å². The van der Waals surface area contributed by atoms with Crippen LogP contribution >= 0.6 is 22.9 Å². The average Bonchev–Trinajstić information content (AvgIpc) is 2.85. The highest BCUT2D eigenvalue weighted by molar-refractivity contribution is 7.17. The number of halogens is 1. The molecule has 0 aliphatic rings. The zero-order valence-corrected chi connectivity index (χ0v) is 12.3. The number of benzene rings is 1. The molecular weight excluding hydrogens is 294 g/mol. The molecule has 6 heteroatoms. The van der Waals surface area contributed by atoms with Crippen LogP contribution in [0.1, 0.15) is 5.82 Å². The summed E-state index contributed by atoms with van der Waals surface area (Å²) in [7, 11) is 1.60. The number of anilines is 2. The second-order valence-electron chi connectivity index (χ2n) is 4.22. The van der Waals surface area contributed by atoms with Gasteiger partial charge in [0, 0.05) is 23.6 Å². The third-order valence-corrected chi connectivity index (χ3v) is 3.83. The molecule has 0 aliphatic carbocycles. The number of nitrogens with zero attached hydrogens (tertiary/aromatic N) is 2. The first-order valence-corrected chi connectivity index (χ1v) is 7.27. The second-order valence-corrected chi connectivity index (χ2v) is 5.56. The number of hydrogen-bond acceptors (Lipinski definition) is 5. The van der Waals surface area contributed by atoms with E-state index < -0.39 is 0 Å². The van der Waals surface area contributed by atoms with Gasteiger partial charge in [0.2, 0.25) is 0 Å². The normalized spacial score (nSPS) is 10.9. The van der Waals surface area contributed by atoms with E-state index >= 15 is 0 Å². The summed E-state index contributed by atoms with van der Waals surface area (Å²) in [6, 6.07) is 9.97. The molecule has 3 rings (SSSR count). The van der Waals surface area contributed by atoms with Gasteiger partial charge in [-0.15, -0.1) is 11.3 Å². The maximum atomic E-state index is 5.98. The van der Waals surface area contributed by atoms with Crippen molar-refractivity contribution in [3.63, 3.8) is 0 Å². The molecular formula is C14H12ClN3OS. The zero-order chi connectivity index (χ0) is 13.9. The number of aromatic nitrogens is 2. The lowest BCUT2D eigenvalue weighted by Gasteiger charge is -2.08. The van der Waals surface area contributed by atoms with Gasteiger partial charge in [0.15, 0.2) is 5.82 Å². The maximum absolute atomic E-state index is 5.98. The molecule has 2 aromatic heterocycles. The largest absolute Gasteiger partial charge is 0.377 e. The highest BCUT2D eigenvalue weighted by Gasteiger charge is 2.04. The number of rotatable bonds is 4. The van der Waals surface area contributed by atoms with Crippen LogP contribution in [0.3, 0.4) is 0 Å². The Hall–Kier alpha value is -1.69. The lowest BCUT2D eigenvalue weighted by atomic mass is 10.2. The summed E-state index contributed by atoms with van der Waals surface area (Å²) in [5, 5.41) is 6.92.